The summed E-state index contributed by atoms with van der Waals surface area (Å²) >= 11 is 5.21. The van der Waals surface area contributed by atoms with E-state index in [-0.39, 0.29) is 22.9 Å². The molecule has 0 aliphatic heterocycles. The van der Waals surface area contributed by atoms with Gasteiger partial charge in [0, 0.05) is 11.1 Å². The molecule has 1 fully saturated rings. The number of carbonyl (C=O) groups is 2. The maximum atomic E-state index is 12.4. The highest BCUT2D eigenvalue weighted by atomic mass is 32.1. The van der Waals surface area contributed by atoms with Gasteiger partial charge in [0.1, 0.15) is 11.7 Å². The molecule has 2 aromatic carbocycles. The number of fused-ring (bicyclic) bond motifs is 1. The van der Waals surface area contributed by atoms with E-state index in [1.54, 1.807) is 36.4 Å². The molecule has 0 unspecified atom stereocenters. The third-order valence-corrected chi connectivity index (χ3v) is 5.28. The fourth-order valence-electron chi connectivity index (χ4n) is 3.51. The number of amides is 1. The number of benzene rings is 2. The van der Waals surface area contributed by atoms with Crippen LogP contribution in [0.2, 0.25) is 0 Å². The first-order chi connectivity index (χ1) is 14.6. The summed E-state index contributed by atoms with van der Waals surface area (Å²) in [5, 5.41) is 6.50. The molecule has 0 bridgehead atoms. The van der Waals surface area contributed by atoms with Crippen molar-refractivity contribution in [2.75, 3.05) is 5.32 Å². The minimum Gasteiger partial charge on any atom is -0.459 e. The number of esters is 1. The van der Waals surface area contributed by atoms with Crippen LogP contribution in [0.25, 0.3) is 11.0 Å². The van der Waals surface area contributed by atoms with Gasteiger partial charge in [-0.2, -0.15) is 0 Å². The molecule has 1 aliphatic rings. The summed E-state index contributed by atoms with van der Waals surface area (Å²) in [6.45, 7) is 0. The van der Waals surface area contributed by atoms with E-state index < -0.39 is 5.91 Å². The average Bonchev–Trinajstić information content (AvgIpc) is 3.19. The van der Waals surface area contributed by atoms with Crippen LogP contribution >= 0.6 is 12.2 Å². The number of anilines is 1. The number of para-hydroxylation sites is 1. The molecule has 0 atom stereocenters. The molecule has 0 saturated heterocycles. The van der Waals surface area contributed by atoms with Crippen molar-refractivity contribution in [3.63, 3.8) is 0 Å². The Labute approximate surface area is 179 Å². The first-order valence-electron chi connectivity index (χ1n) is 10.0. The van der Waals surface area contributed by atoms with Crippen molar-refractivity contribution in [2.45, 2.75) is 38.2 Å². The van der Waals surface area contributed by atoms with Crippen LogP contribution in [0, 0.1) is 0 Å². The largest absolute Gasteiger partial charge is 0.459 e. The summed E-state index contributed by atoms with van der Waals surface area (Å²) in [6, 6.07) is 15.8. The molecule has 30 heavy (non-hydrogen) atoms. The van der Waals surface area contributed by atoms with E-state index in [0.29, 0.717) is 16.8 Å². The summed E-state index contributed by atoms with van der Waals surface area (Å²) < 4.78 is 11.1. The van der Waals surface area contributed by atoms with Gasteiger partial charge < -0.3 is 14.5 Å². The summed E-state index contributed by atoms with van der Waals surface area (Å²) in [4.78, 5) is 24.6. The number of rotatable bonds is 4. The Balaban J connectivity index is 1.31. The number of hydrogen-bond donors (Lipinski definition) is 2. The van der Waals surface area contributed by atoms with Crippen LogP contribution in [0.1, 0.15) is 53.0 Å². The van der Waals surface area contributed by atoms with Gasteiger partial charge in [-0.05, 0) is 74.3 Å². The van der Waals surface area contributed by atoms with E-state index in [2.05, 4.69) is 10.6 Å². The number of ether oxygens (including phenoxy) is 1. The molecular weight excluding hydrogens is 400 g/mol. The topological polar surface area (TPSA) is 80.6 Å². The molecule has 3 aromatic rings. The number of carbonyl (C=O) groups excluding carboxylic acids is 2. The quantitative estimate of drug-likeness (QED) is 0.452. The summed E-state index contributed by atoms with van der Waals surface area (Å²) in [5.41, 5.74) is 1.78. The van der Waals surface area contributed by atoms with Gasteiger partial charge in [-0.15, -0.1) is 0 Å². The zero-order chi connectivity index (χ0) is 20.9. The summed E-state index contributed by atoms with van der Waals surface area (Å²) in [6.07, 6.45) is 5.32. The monoisotopic (exact) mass is 422 g/mol. The fraction of sp³-hybridized carbons (Fsp3) is 0.261. The Kier molecular flexibility index (Phi) is 6.09. The number of hydrogen-bond acceptors (Lipinski definition) is 5. The summed E-state index contributed by atoms with van der Waals surface area (Å²) in [5.74, 6) is -0.563. The molecule has 1 heterocycles. The van der Waals surface area contributed by atoms with Crippen LogP contribution in [0.4, 0.5) is 5.69 Å². The maximum absolute atomic E-state index is 12.4. The van der Waals surface area contributed by atoms with Gasteiger partial charge >= 0.3 is 5.97 Å². The van der Waals surface area contributed by atoms with Gasteiger partial charge in [-0.1, -0.05) is 24.6 Å². The zero-order valence-corrected chi connectivity index (χ0v) is 17.2. The molecule has 0 radical (unpaired) electrons. The molecule has 7 heteroatoms. The van der Waals surface area contributed by atoms with Crippen molar-refractivity contribution >= 4 is 45.9 Å². The van der Waals surface area contributed by atoms with Gasteiger partial charge in [0.25, 0.3) is 5.91 Å². The predicted molar refractivity (Wildman–Crippen MR) is 119 cm³/mol. The van der Waals surface area contributed by atoms with E-state index in [1.165, 1.54) is 6.42 Å². The lowest BCUT2D eigenvalue weighted by Crippen LogP contribution is -2.33. The van der Waals surface area contributed by atoms with Crippen LogP contribution in [-0.2, 0) is 4.74 Å². The molecular formula is C23H22N2O4S. The van der Waals surface area contributed by atoms with Crippen molar-refractivity contribution in [1.29, 1.82) is 0 Å². The molecule has 154 valence electrons. The van der Waals surface area contributed by atoms with Gasteiger partial charge in [-0.3, -0.25) is 10.1 Å². The Morgan fingerprint density at radius 1 is 1.00 bits per heavy atom. The number of thiocarbonyl (C=S) groups is 1. The molecule has 1 amide bonds. The van der Waals surface area contributed by atoms with E-state index in [4.69, 9.17) is 21.4 Å². The van der Waals surface area contributed by atoms with Crippen LogP contribution in [0.15, 0.2) is 59.0 Å². The van der Waals surface area contributed by atoms with Crippen molar-refractivity contribution < 1.29 is 18.7 Å². The van der Waals surface area contributed by atoms with E-state index in [0.717, 1.165) is 31.1 Å². The molecule has 1 saturated carbocycles. The fourth-order valence-corrected chi connectivity index (χ4v) is 3.72. The van der Waals surface area contributed by atoms with E-state index >= 15 is 0 Å². The Hall–Kier alpha value is -3.19. The van der Waals surface area contributed by atoms with Crippen molar-refractivity contribution in [1.82, 2.24) is 5.32 Å². The highest BCUT2D eigenvalue weighted by Crippen LogP contribution is 2.22. The lowest BCUT2D eigenvalue weighted by atomic mass is 9.98. The second-order valence-corrected chi connectivity index (χ2v) is 7.71. The van der Waals surface area contributed by atoms with Crippen LogP contribution in [0.5, 0.6) is 0 Å². The minimum absolute atomic E-state index is 0.0186. The van der Waals surface area contributed by atoms with E-state index in [9.17, 15) is 9.59 Å². The smallest absolute Gasteiger partial charge is 0.338 e. The van der Waals surface area contributed by atoms with Crippen molar-refractivity contribution in [3.05, 3.63) is 65.9 Å². The Morgan fingerprint density at radius 3 is 2.47 bits per heavy atom. The van der Waals surface area contributed by atoms with Gasteiger partial charge in [0.15, 0.2) is 10.9 Å². The van der Waals surface area contributed by atoms with Crippen molar-refractivity contribution in [2.24, 2.45) is 0 Å². The van der Waals surface area contributed by atoms with Gasteiger partial charge in [0.05, 0.1) is 5.56 Å². The minimum atomic E-state index is -0.434. The molecule has 0 spiro atoms. The third-order valence-electron chi connectivity index (χ3n) is 5.08. The van der Waals surface area contributed by atoms with Gasteiger partial charge in [-0.25, -0.2) is 4.79 Å². The zero-order valence-electron chi connectivity index (χ0n) is 16.4. The molecule has 6 nitrogen and oxygen atoms in total. The second-order valence-electron chi connectivity index (χ2n) is 7.30. The second kappa shape index (κ2) is 9.09. The van der Waals surface area contributed by atoms with Crippen molar-refractivity contribution in [3.8, 4) is 0 Å². The van der Waals surface area contributed by atoms with E-state index in [1.807, 2.05) is 18.2 Å². The normalized spacial score (nSPS) is 14.3. The molecule has 4 rings (SSSR count). The lowest BCUT2D eigenvalue weighted by molar-refractivity contribution is 0.0211. The highest BCUT2D eigenvalue weighted by molar-refractivity contribution is 7.80. The first kappa shape index (κ1) is 20.1. The van der Waals surface area contributed by atoms with Crippen LogP contribution in [-0.4, -0.2) is 23.1 Å². The molecule has 2 N–H and O–H groups in total. The standard InChI is InChI=1S/C23H22N2O4S/c26-21(20-14-16-6-4-5-9-19(16)29-20)25-23(30)24-17-12-10-15(11-13-17)22(27)28-18-7-2-1-3-8-18/h4-6,9-14,18H,1-3,7-8H2,(H2,24,25,26,30). The number of nitrogens with one attached hydrogen (secondary N) is 2. The predicted octanol–water partition coefficient (Wildman–Crippen LogP) is 5.05. The SMILES string of the molecule is O=C(OC1CCCCC1)c1ccc(NC(=S)NC(=O)c2cc3ccccc3o2)cc1. The van der Waals surface area contributed by atoms with Crippen LogP contribution in [0.3, 0.4) is 0 Å². The average molecular weight is 423 g/mol. The summed E-state index contributed by atoms with van der Waals surface area (Å²) in [7, 11) is 0. The van der Waals surface area contributed by atoms with Gasteiger partial charge in [0.2, 0.25) is 0 Å². The molecule has 1 aromatic heterocycles. The third kappa shape index (κ3) is 4.86. The highest BCUT2D eigenvalue weighted by Gasteiger charge is 2.19. The lowest BCUT2D eigenvalue weighted by Gasteiger charge is -2.21. The number of furan rings is 1. The Morgan fingerprint density at radius 2 is 1.73 bits per heavy atom. The first-order valence-corrected chi connectivity index (χ1v) is 10.4. The molecule has 1 aliphatic carbocycles. The van der Waals surface area contributed by atoms with Crippen LogP contribution < -0.4 is 10.6 Å². The maximum Gasteiger partial charge on any atom is 0.338 e. The Bertz CT molecular complexity index is 1040.